The van der Waals surface area contributed by atoms with Crippen LogP contribution in [0.1, 0.15) is 77.7 Å². The molecule has 0 radical (unpaired) electrons. The van der Waals surface area contributed by atoms with E-state index >= 15 is 0 Å². The molecule has 3 aromatic heterocycles. The van der Waals surface area contributed by atoms with Crippen molar-refractivity contribution in [2.24, 2.45) is 5.73 Å². The predicted molar refractivity (Wildman–Crippen MR) is 129 cm³/mol. The predicted octanol–water partition coefficient (Wildman–Crippen LogP) is 3.99. The molecule has 0 spiro atoms. The number of primary amides is 1. The van der Waals surface area contributed by atoms with Crippen LogP contribution in [0.2, 0.25) is 0 Å². The van der Waals surface area contributed by atoms with Crippen LogP contribution in [0.25, 0.3) is 16.7 Å². The molecule has 1 aliphatic carbocycles. The lowest BCUT2D eigenvalue weighted by molar-refractivity contribution is 0.0997. The van der Waals surface area contributed by atoms with Crippen molar-refractivity contribution in [2.75, 3.05) is 5.32 Å². The summed E-state index contributed by atoms with van der Waals surface area (Å²) in [5.74, 6) is -0.283. The summed E-state index contributed by atoms with van der Waals surface area (Å²) in [4.78, 5) is 29.8. The van der Waals surface area contributed by atoms with Crippen LogP contribution in [0, 0.1) is 0 Å². The zero-order chi connectivity index (χ0) is 24.0. The van der Waals surface area contributed by atoms with Crippen LogP contribution in [0.15, 0.2) is 42.7 Å². The molecule has 0 saturated heterocycles. The average Bonchev–Trinajstić information content (AvgIpc) is 3.43. The summed E-state index contributed by atoms with van der Waals surface area (Å²) >= 11 is 0. The summed E-state index contributed by atoms with van der Waals surface area (Å²) in [6.45, 7) is 6.05. The van der Waals surface area contributed by atoms with Crippen LogP contribution < -0.4 is 11.1 Å². The molecule has 1 aliphatic rings. The Kier molecular flexibility index (Phi) is 5.39. The minimum Gasteiger partial charge on any atom is -0.365 e. The Bertz CT molecular complexity index is 1390. The number of amides is 2. The third kappa shape index (κ3) is 3.83. The highest BCUT2D eigenvalue weighted by molar-refractivity contribution is 6.12. The van der Waals surface area contributed by atoms with Crippen LogP contribution in [-0.2, 0) is 6.42 Å². The number of hydrogen-bond donors (Lipinski definition) is 2. The van der Waals surface area contributed by atoms with Crippen molar-refractivity contribution in [1.29, 1.82) is 0 Å². The van der Waals surface area contributed by atoms with E-state index < -0.39 is 5.91 Å². The first-order valence-electron chi connectivity index (χ1n) is 11.5. The minimum absolute atomic E-state index is 0.147. The average molecular weight is 458 g/mol. The smallest absolute Gasteiger partial charge is 0.256 e. The van der Waals surface area contributed by atoms with Gasteiger partial charge in [-0.3, -0.25) is 9.59 Å². The second-order valence-corrected chi connectivity index (χ2v) is 8.92. The number of anilines is 1. The number of nitrogens with two attached hydrogens (primary N) is 1. The lowest BCUT2D eigenvalue weighted by atomic mass is 10.1. The highest BCUT2D eigenvalue weighted by Crippen LogP contribution is 2.40. The van der Waals surface area contributed by atoms with Crippen LogP contribution in [0.4, 0.5) is 5.69 Å². The van der Waals surface area contributed by atoms with Crippen LogP contribution in [0.5, 0.6) is 0 Å². The zero-order valence-corrected chi connectivity index (χ0v) is 19.4. The molecule has 1 aromatic carbocycles. The molecule has 174 valence electrons. The Hall–Kier alpha value is -4.01. The molecule has 5 rings (SSSR count). The Morgan fingerprint density at radius 1 is 1.12 bits per heavy atom. The number of nitrogens with one attached hydrogen (secondary N) is 1. The summed E-state index contributed by atoms with van der Waals surface area (Å²) in [6, 6.07) is 9.38. The van der Waals surface area contributed by atoms with E-state index in [4.69, 9.17) is 10.7 Å². The number of rotatable bonds is 7. The molecule has 3 N–H and O–H groups in total. The highest BCUT2D eigenvalue weighted by atomic mass is 16.2. The van der Waals surface area contributed by atoms with Gasteiger partial charge >= 0.3 is 0 Å². The third-order valence-electron chi connectivity index (χ3n) is 6.15. The molecule has 9 nitrogen and oxygen atoms in total. The molecule has 2 amide bonds. The van der Waals surface area contributed by atoms with E-state index in [1.54, 1.807) is 10.9 Å². The quantitative estimate of drug-likeness (QED) is 0.435. The van der Waals surface area contributed by atoms with E-state index in [2.05, 4.69) is 29.4 Å². The monoisotopic (exact) mass is 457 g/mol. The van der Waals surface area contributed by atoms with E-state index in [1.807, 2.05) is 41.9 Å². The van der Waals surface area contributed by atoms with Crippen LogP contribution >= 0.6 is 0 Å². The summed E-state index contributed by atoms with van der Waals surface area (Å²) in [6.07, 6.45) is 6.02. The molecule has 9 heteroatoms. The van der Waals surface area contributed by atoms with Crippen LogP contribution in [-0.4, -0.2) is 36.4 Å². The highest BCUT2D eigenvalue weighted by Gasteiger charge is 2.28. The van der Waals surface area contributed by atoms with Crippen molar-refractivity contribution in [1.82, 2.24) is 24.5 Å². The first kappa shape index (κ1) is 21.8. The molecular weight excluding hydrogens is 430 g/mol. The van der Waals surface area contributed by atoms with Gasteiger partial charge in [0.15, 0.2) is 5.65 Å². The minimum atomic E-state index is -0.498. The number of nitrogens with zero attached hydrogens (tertiary/aromatic N) is 5. The van der Waals surface area contributed by atoms with E-state index in [9.17, 15) is 9.59 Å². The number of pyridine rings is 1. The zero-order valence-electron chi connectivity index (χ0n) is 19.4. The summed E-state index contributed by atoms with van der Waals surface area (Å²) < 4.78 is 3.56. The molecule has 1 fully saturated rings. The molecular formula is C25H27N7O2. The standard InChI is InChI=1S/C25H27N7O2/c1-4-22-20(23(26)33)13-28-32(22)17-9-7-16(8-10-17)29-25(34)18-11-21(15-5-6-15)30-24-19(18)12-27-31(24)14(2)3/h7-15H,4-6H2,1-3H3,(H2,26,33)(H,29,34). The van der Waals surface area contributed by atoms with Gasteiger partial charge in [-0.1, -0.05) is 6.92 Å². The Labute approximate surface area is 197 Å². The van der Waals surface area contributed by atoms with Gasteiger partial charge in [0.1, 0.15) is 0 Å². The van der Waals surface area contributed by atoms with E-state index in [1.165, 1.54) is 6.20 Å². The largest absolute Gasteiger partial charge is 0.365 e. The van der Waals surface area contributed by atoms with E-state index in [0.717, 1.165) is 41.0 Å². The lowest BCUT2D eigenvalue weighted by Crippen LogP contribution is -2.14. The van der Waals surface area contributed by atoms with Crippen molar-refractivity contribution < 1.29 is 9.59 Å². The van der Waals surface area contributed by atoms with Gasteiger partial charge in [-0.25, -0.2) is 14.3 Å². The van der Waals surface area contributed by atoms with Gasteiger partial charge in [-0.05, 0) is 63.4 Å². The molecule has 0 atom stereocenters. The van der Waals surface area contributed by atoms with Crippen molar-refractivity contribution in [3.8, 4) is 5.69 Å². The topological polar surface area (TPSA) is 121 Å². The fourth-order valence-corrected chi connectivity index (χ4v) is 4.22. The van der Waals surface area contributed by atoms with Crippen molar-refractivity contribution in [2.45, 2.75) is 52.0 Å². The number of carbonyl (C=O) groups excluding carboxylic acids is 2. The number of hydrogen-bond acceptors (Lipinski definition) is 5. The molecule has 4 aromatic rings. The normalized spacial score (nSPS) is 13.5. The van der Waals surface area contributed by atoms with Gasteiger partial charge in [0, 0.05) is 23.3 Å². The molecule has 0 aliphatic heterocycles. The van der Waals surface area contributed by atoms with Gasteiger partial charge in [0.25, 0.3) is 11.8 Å². The Morgan fingerprint density at radius 3 is 2.47 bits per heavy atom. The van der Waals surface area contributed by atoms with Crippen molar-refractivity contribution >= 4 is 28.5 Å². The van der Waals surface area contributed by atoms with Gasteiger partial charge in [-0.2, -0.15) is 10.2 Å². The summed E-state index contributed by atoms with van der Waals surface area (Å²) in [5.41, 5.74) is 10.3. The third-order valence-corrected chi connectivity index (χ3v) is 6.15. The fourth-order valence-electron chi connectivity index (χ4n) is 4.22. The fraction of sp³-hybridized carbons (Fsp3) is 0.320. The van der Waals surface area contributed by atoms with E-state index in [0.29, 0.717) is 29.2 Å². The van der Waals surface area contributed by atoms with Gasteiger partial charge < -0.3 is 11.1 Å². The molecule has 1 saturated carbocycles. The van der Waals surface area contributed by atoms with Crippen molar-refractivity contribution in [3.63, 3.8) is 0 Å². The van der Waals surface area contributed by atoms with Crippen molar-refractivity contribution in [3.05, 3.63) is 65.2 Å². The van der Waals surface area contributed by atoms with E-state index in [-0.39, 0.29) is 11.9 Å². The molecule has 3 heterocycles. The molecule has 0 unspecified atom stereocenters. The first-order chi connectivity index (χ1) is 16.4. The lowest BCUT2D eigenvalue weighted by Gasteiger charge is -2.11. The first-order valence-corrected chi connectivity index (χ1v) is 11.5. The summed E-state index contributed by atoms with van der Waals surface area (Å²) in [5, 5.41) is 12.5. The Balaban J connectivity index is 1.44. The van der Waals surface area contributed by atoms with Crippen LogP contribution in [0.3, 0.4) is 0 Å². The molecule has 34 heavy (non-hydrogen) atoms. The summed E-state index contributed by atoms with van der Waals surface area (Å²) in [7, 11) is 0. The second kappa shape index (κ2) is 8.40. The van der Waals surface area contributed by atoms with Gasteiger partial charge in [0.2, 0.25) is 0 Å². The maximum Gasteiger partial charge on any atom is 0.256 e. The van der Waals surface area contributed by atoms with Gasteiger partial charge in [0.05, 0.1) is 40.3 Å². The Morgan fingerprint density at radius 2 is 1.85 bits per heavy atom. The number of fused-ring (bicyclic) bond motifs is 1. The molecule has 0 bridgehead atoms. The number of carbonyl (C=O) groups is 2. The van der Waals surface area contributed by atoms with Gasteiger partial charge in [-0.15, -0.1) is 0 Å². The SMILES string of the molecule is CCc1c(C(N)=O)cnn1-c1ccc(NC(=O)c2cc(C3CC3)nc3c2cnn3C(C)C)cc1. The maximum absolute atomic E-state index is 13.3. The number of aromatic nitrogens is 5. The number of benzene rings is 1. The second-order valence-electron chi connectivity index (χ2n) is 8.92. The maximum atomic E-state index is 13.3.